The van der Waals surface area contributed by atoms with Gasteiger partial charge in [0.05, 0.1) is 0 Å². The summed E-state index contributed by atoms with van der Waals surface area (Å²) in [6, 6.07) is 0. The Hall–Kier alpha value is -1.06. The number of hydrogen-bond acceptors (Lipinski definition) is 2. The van der Waals surface area contributed by atoms with Crippen LogP contribution in [0.25, 0.3) is 0 Å². The van der Waals surface area contributed by atoms with Gasteiger partial charge in [0.1, 0.15) is 5.54 Å². The molecule has 114 valence electrons. The summed E-state index contributed by atoms with van der Waals surface area (Å²) < 4.78 is 0. The monoisotopic (exact) mass is 281 g/mol. The minimum absolute atomic E-state index is 0.0107. The molecule has 2 fully saturated rings. The van der Waals surface area contributed by atoms with Gasteiger partial charge in [0.25, 0.3) is 0 Å². The largest absolute Gasteiger partial charge is 0.479 e. The molecule has 2 aliphatic rings. The lowest BCUT2D eigenvalue weighted by molar-refractivity contribution is -0.153. The Bertz CT molecular complexity index is 374. The van der Waals surface area contributed by atoms with Gasteiger partial charge in [0.15, 0.2) is 0 Å². The second-order valence-electron chi connectivity index (χ2n) is 6.87. The van der Waals surface area contributed by atoms with E-state index in [2.05, 4.69) is 12.2 Å². The van der Waals surface area contributed by atoms with Crippen LogP contribution in [0.15, 0.2) is 0 Å². The van der Waals surface area contributed by atoms with E-state index in [1.165, 1.54) is 0 Å². The fourth-order valence-corrected chi connectivity index (χ4v) is 3.75. The number of carboxylic acid groups (broad SMARTS) is 1. The summed E-state index contributed by atoms with van der Waals surface area (Å²) in [5, 5.41) is 12.6. The highest BCUT2D eigenvalue weighted by Gasteiger charge is 2.47. The number of rotatable bonds is 3. The summed E-state index contributed by atoms with van der Waals surface area (Å²) in [5.41, 5.74) is -1.03. The van der Waals surface area contributed by atoms with Crippen LogP contribution in [-0.4, -0.2) is 22.5 Å². The third-order valence-electron chi connectivity index (χ3n) is 5.41. The number of amides is 1. The van der Waals surface area contributed by atoms with Gasteiger partial charge < -0.3 is 10.4 Å². The van der Waals surface area contributed by atoms with Crippen molar-refractivity contribution in [3.63, 3.8) is 0 Å². The molecule has 4 nitrogen and oxygen atoms in total. The molecule has 0 heterocycles. The zero-order valence-electron chi connectivity index (χ0n) is 12.7. The summed E-state index contributed by atoms with van der Waals surface area (Å²) in [7, 11) is 0. The van der Waals surface area contributed by atoms with Gasteiger partial charge in [0.2, 0.25) is 5.91 Å². The molecule has 0 saturated heterocycles. The first-order valence-corrected chi connectivity index (χ1v) is 8.01. The SMILES string of the molecule is CC1CCC(C(=O)NC2(C(=O)O)CCCCC2C)CC1. The molecule has 1 amide bonds. The standard InChI is InChI=1S/C16H27NO3/c1-11-6-8-13(9-7-11)14(18)17-16(15(19)20)10-4-3-5-12(16)2/h11-13H,3-10H2,1-2H3,(H,17,18)(H,19,20). The van der Waals surface area contributed by atoms with Crippen LogP contribution in [0, 0.1) is 17.8 Å². The van der Waals surface area contributed by atoms with Crippen molar-refractivity contribution < 1.29 is 14.7 Å². The lowest BCUT2D eigenvalue weighted by Crippen LogP contribution is -2.61. The van der Waals surface area contributed by atoms with Gasteiger partial charge in [-0.15, -0.1) is 0 Å². The summed E-state index contributed by atoms with van der Waals surface area (Å²) in [5.74, 6) is -0.173. The van der Waals surface area contributed by atoms with Crippen LogP contribution in [-0.2, 0) is 9.59 Å². The Balaban J connectivity index is 2.04. The third kappa shape index (κ3) is 2.99. The van der Waals surface area contributed by atoms with Crippen LogP contribution in [0.3, 0.4) is 0 Å². The molecule has 20 heavy (non-hydrogen) atoms. The van der Waals surface area contributed by atoms with Crippen LogP contribution >= 0.6 is 0 Å². The molecule has 2 unspecified atom stereocenters. The Kier molecular flexibility index (Phi) is 4.71. The predicted octanol–water partition coefficient (Wildman–Crippen LogP) is 2.96. The summed E-state index contributed by atoms with van der Waals surface area (Å²) in [4.78, 5) is 24.2. The summed E-state index contributed by atoms with van der Waals surface area (Å²) in [6.07, 6.45) is 7.36. The first-order valence-electron chi connectivity index (χ1n) is 8.01. The molecule has 0 aromatic carbocycles. The normalized spacial score (nSPS) is 38.2. The fraction of sp³-hybridized carbons (Fsp3) is 0.875. The summed E-state index contributed by atoms with van der Waals surface area (Å²) in [6.45, 7) is 4.17. The average molecular weight is 281 g/mol. The minimum atomic E-state index is -1.03. The predicted molar refractivity (Wildman–Crippen MR) is 77.3 cm³/mol. The van der Waals surface area contributed by atoms with Crippen LogP contribution in [0.1, 0.15) is 65.2 Å². The maximum absolute atomic E-state index is 12.5. The van der Waals surface area contributed by atoms with E-state index in [0.717, 1.165) is 44.9 Å². The van der Waals surface area contributed by atoms with Gasteiger partial charge in [-0.05, 0) is 50.4 Å². The quantitative estimate of drug-likeness (QED) is 0.835. The van der Waals surface area contributed by atoms with E-state index in [9.17, 15) is 14.7 Å². The number of carbonyl (C=O) groups excluding carboxylic acids is 1. The van der Waals surface area contributed by atoms with Crippen LogP contribution in [0.4, 0.5) is 0 Å². The van der Waals surface area contributed by atoms with Gasteiger partial charge in [0, 0.05) is 5.92 Å². The summed E-state index contributed by atoms with van der Waals surface area (Å²) >= 11 is 0. The topological polar surface area (TPSA) is 66.4 Å². The molecule has 0 bridgehead atoms. The Labute approximate surface area is 121 Å². The molecule has 0 aliphatic heterocycles. The number of carboxylic acids is 1. The van der Waals surface area contributed by atoms with Crippen molar-refractivity contribution in [2.75, 3.05) is 0 Å². The lowest BCUT2D eigenvalue weighted by Gasteiger charge is -2.40. The van der Waals surface area contributed by atoms with E-state index in [0.29, 0.717) is 12.3 Å². The van der Waals surface area contributed by atoms with Gasteiger partial charge in [-0.3, -0.25) is 4.79 Å². The molecule has 2 atom stereocenters. The van der Waals surface area contributed by atoms with Gasteiger partial charge >= 0.3 is 5.97 Å². The van der Waals surface area contributed by atoms with E-state index in [4.69, 9.17) is 0 Å². The van der Waals surface area contributed by atoms with Crippen molar-refractivity contribution in [2.24, 2.45) is 17.8 Å². The second kappa shape index (κ2) is 6.15. The molecule has 0 aromatic rings. The molecule has 2 rings (SSSR count). The Morgan fingerprint density at radius 1 is 1.05 bits per heavy atom. The number of hydrogen-bond donors (Lipinski definition) is 2. The zero-order valence-corrected chi connectivity index (χ0v) is 12.7. The van der Waals surface area contributed by atoms with Gasteiger partial charge in [-0.2, -0.15) is 0 Å². The molecule has 2 aliphatic carbocycles. The van der Waals surface area contributed by atoms with Crippen molar-refractivity contribution in [3.8, 4) is 0 Å². The fourth-order valence-electron chi connectivity index (χ4n) is 3.75. The number of nitrogens with one attached hydrogen (secondary N) is 1. The highest BCUT2D eigenvalue weighted by Crippen LogP contribution is 2.35. The number of aliphatic carboxylic acids is 1. The first kappa shape index (κ1) is 15.3. The van der Waals surface area contributed by atoms with Crippen molar-refractivity contribution in [1.82, 2.24) is 5.32 Å². The Morgan fingerprint density at radius 2 is 1.70 bits per heavy atom. The van der Waals surface area contributed by atoms with Crippen LogP contribution in [0.5, 0.6) is 0 Å². The molecule has 0 aromatic heterocycles. The minimum Gasteiger partial charge on any atom is -0.479 e. The van der Waals surface area contributed by atoms with Crippen LogP contribution < -0.4 is 5.32 Å². The lowest BCUT2D eigenvalue weighted by atomic mass is 9.73. The maximum atomic E-state index is 12.5. The second-order valence-corrected chi connectivity index (χ2v) is 6.87. The van der Waals surface area contributed by atoms with E-state index in [1.54, 1.807) is 0 Å². The van der Waals surface area contributed by atoms with E-state index in [-0.39, 0.29) is 17.7 Å². The molecular weight excluding hydrogens is 254 g/mol. The molecule has 0 spiro atoms. The average Bonchev–Trinajstić information content (AvgIpc) is 2.42. The van der Waals surface area contributed by atoms with E-state index >= 15 is 0 Å². The van der Waals surface area contributed by atoms with E-state index in [1.807, 2.05) is 6.92 Å². The molecular formula is C16H27NO3. The smallest absolute Gasteiger partial charge is 0.329 e. The number of carbonyl (C=O) groups is 2. The highest BCUT2D eigenvalue weighted by molar-refractivity contribution is 5.88. The molecule has 2 N–H and O–H groups in total. The molecule has 2 saturated carbocycles. The van der Waals surface area contributed by atoms with Crippen LogP contribution in [0.2, 0.25) is 0 Å². The van der Waals surface area contributed by atoms with Crippen molar-refractivity contribution in [1.29, 1.82) is 0 Å². The Morgan fingerprint density at radius 3 is 2.25 bits per heavy atom. The third-order valence-corrected chi connectivity index (χ3v) is 5.41. The van der Waals surface area contributed by atoms with E-state index < -0.39 is 11.5 Å². The van der Waals surface area contributed by atoms with Gasteiger partial charge in [-0.1, -0.05) is 26.7 Å². The van der Waals surface area contributed by atoms with Gasteiger partial charge in [-0.25, -0.2) is 4.79 Å². The maximum Gasteiger partial charge on any atom is 0.329 e. The van der Waals surface area contributed by atoms with Crippen molar-refractivity contribution >= 4 is 11.9 Å². The van der Waals surface area contributed by atoms with Crippen molar-refractivity contribution in [3.05, 3.63) is 0 Å². The molecule has 0 radical (unpaired) electrons. The highest BCUT2D eigenvalue weighted by atomic mass is 16.4. The zero-order chi connectivity index (χ0) is 14.8. The van der Waals surface area contributed by atoms with Crippen molar-refractivity contribution in [2.45, 2.75) is 70.8 Å². The molecule has 4 heteroatoms. The first-order chi connectivity index (χ1) is 9.45.